The molecule has 0 spiro atoms. The Balaban J connectivity index is 1.67. The molecule has 0 atom stereocenters. The van der Waals surface area contributed by atoms with Crippen molar-refractivity contribution in [3.63, 3.8) is 0 Å². The van der Waals surface area contributed by atoms with Crippen LogP contribution in [0.15, 0.2) is 24.4 Å². The molecule has 1 aromatic carbocycles. The molecule has 1 fully saturated rings. The van der Waals surface area contributed by atoms with Crippen LogP contribution in [0.1, 0.15) is 36.8 Å². The molecule has 8 nitrogen and oxygen atoms in total. The molecule has 0 N–H and O–H groups in total. The van der Waals surface area contributed by atoms with Crippen molar-refractivity contribution >= 4 is 23.6 Å². The lowest BCUT2D eigenvalue weighted by Crippen LogP contribution is -2.51. The average molecular weight is 460 g/mol. The molecular formula is C19H21ClF3N5O3. The van der Waals surface area contributed by atoms with Crippen molar-refractivity contribution < 1.29 is 27.5 Å². The van der Waals surface area contributed by atoms with Crippen LogP contribution in [0.4, 0.5) is 18.0 Å². The minimum absolute atomic E-state index is 0.0192. The van der Waals surface area contributed by atoms with Crippen molar-refractivity contribution in [2.24, 2.45) is 0 Å². The predicted molar refractivity (Wildman–Crippen MR) is 105 cm³/mol. The van der Waals surface area contributed by atoms with E-state index in [0.717, 1.165) is 16.8 Å². The van der Waals surface area contributed by atoms with Gasteiger partial charge in [-0.1, -0.05) is 16.8 Å². The first-order valence-corrected chi connectivity index (χ1v) is 9.79. The van der Waals surface area contributed by atoms with E-state index in [-0.39, 0.29) is 24.5 Å². The number of piperazine rings is 1. The Morgan fingerprint density at radius 3 is 2.26 bits per heavy atom. The van der Waals surface area contributed by atoms with Gasteiger partial charge in [0, 0.05) is 26.2 Å². The van der Waals surface area contributed by atoms with Crippen molar-refractivity contribution in [2.75, 3.05) is 26.2 Å². The molecule has 168 valence electrons. The van der Waals surface area contributed by atoms with Crippen LogP contribution in [0.2, 0.25) is 5.02 Å². The number of rotatable bonds is 2. The highest BCUT2D eigenvalue weighted by Gasteiger charge is 2.34. The van der Waals surface area contributed by atoms with Crippen LogP contribution in [0.5, 0.6) is 0 Å². The van der Waals surface area contributed by atoms with Crippen LogP contribution in [-0.4, -0.2) is 68.6 Å². The molecule has 0 unspecified atom stereocenters. The fourth-order valence-electron chi connectivity index (χ4n) is 2.94. The molecule has 12 heteroatoms. The predicted octanol–water partition coefficient (Wildman–Crippen LogP) is 3.63. The summed E-state index contributed by atoms with van der Waals surface area (Å²) in [7, 11) is 0. The third-order valence-corrected chi connectivity index (χ3v) is 4.78. The number of hydrogen-bond donors (Lipinski definition) is 0. The normalized spacial score (nSPS) is 15.2. The highest BCUT2D eigenvalue weighted by Crippen LogP contribution is 2.35. The summed E-state index contributed by atoms with van der Waals surface area (Å²) in [6.07, 6.45) is -3.82. The third kappa shape index (κ3) is 5.46. The first-order chi connectivity index (χ1) is 14.3. The number of halogens is 4. The van der Waals surface area contributed by atoms with Crippen molar-refractivity contribution in [3.8, 4) is 5.69 Å². The van der Waals surface area contributed by atoms with Gasteiger partial charge < -0.3 is 14.5 Å². The van der Waals surface area contributed by atoms with Crippen LogP contribution in [-0.2, 0) is 10.9 Å². The van der Waals surface area contributed by atoms with E-state index >= 15 is 0 Å². The van der Waals surface area contributed by atoms with Gasteiger partial charge in [-0.2, -0.15) is 13.2 Å². The number of carbonyl (C=O) groups is 2. The minimum atomic E-state index is -4.62. The Bertz CT molecular complexity index is 979. The zero-order valence-electron chi connectivity index (χ0n) is 17.1. The quantitative estimate of drug-likeness (QED) is 0.685. The van der Waals surface area contributed by atoms with Crippen molar-refractivity contribution in [1.82, 2.24) is 24.8 Å². The Morgan fingerprint density at radius 1 is 1.06 bits per heavy atom. The van der Waals surface area contributed by atoms with Gasteiger partial charge in [0.1, 0.15) is 5.60 Å². The summed E-state index contributed by atoms with van der Waals surface area (Å²) in [5, 5.41) is 7.12. The molecule has 1 aliphatic rings. The maximum atomic E-state index is 13.1. The molecule has 0 bridgehead atoms. The number of hydrogen-bond acceptors (Lipinski definition) is 5. The van der Waals surface area contributed by atoms with Gasteiger partial charge in [-0.25, -0.2) is 9.48 Å². The van der Waals surface area contributed by atoms with Crippen LogP contribution in [0, 0.1) is 0 Å². The summed E-state index contributed by atoms with van der Waals surface area (Å²) in [6, 6.07) is 3.30. The molecule has 31 heavy (non-hydrogen) atoms. The van der Waals surface area contributed by atoms with Crippen LogP contribution in [0.25, 0.3) is 5.69 Å². The minimum Gasteiger partial charge on any atom is -0.444 e. The van der Waals surface area contributed by atoms with Gasteiger partial charge in [-0.15, -0.1) is 5.10 Å². The molecule has 1 aromatic heterocycles. The smallest absolute Gasteiger partial charge is 0.417 e. The van der Waals surface area contributed by atoms with E-state index in [1.54, 1.807) is 20.8 Å². The summed E-state index contributed by atoms with van der Waals surface area (Å²) in [5.74, 6) is -0.430. The molecule has 0 saturated carbocycles. The van der Waals surface area contributed by atoms with Gasteiger partial charge in [-0.05, 0) is 39.0 Å². The molecule has 1 saturated heterocycles. The lowest BCUT2D eigenvalue weighted by molar-refractivity contribution is -0.137. The zero-order chi connectivity index (χ0) is 23.0. The topological polar surface area (TPSA) is 80.6 Å². The van der Waals surface area contributed by atoms with Crippen molar-refractivity contribution in [2.45, 2.75) is 32.5 Å². The third-order valence-electron chi connectivity index (χ3n) is 4.45. The van der Waals surface area contributed by atoms with Gasteiger partial charge >= 0.3 is 12.3 Å². The maximum Gasteiger partial charge on any atom is 0.417 e. The first-order valence-electron chi connectivity index (χ1n) is 9.42. The van der Waals surface area contributed by atoms with E-state index in [9.17, 15) is 22.8 Å². The number of carbonyl (C=O) groups excluding carboxylic acids is 2. The Kier molecular flexibility index (Phi) is 6.17. The Labute approximate surface area is 181 Å². The van der Waals surface area contributed by atoms with Crippen molar-refractivity contribution in [1.29, 1.82) is 0 Å². The average Bonchev–Trinajstić information content (AvgIpc) is 3.16. The largest absolute Gasteiger partial charge is 0.444 e. The Hall–Kier alpha value is -2.82. The summed E-state index contributed by atoms with van der Waals surface area (Å²) >= 11 is 5.63. The zero-order valence-corrected chi connectivity index (χ0v) is 17.9. The maximum absolute atomic E-state index is 13.1. The highest BCUT2D eigenvalue weighted by atomic mass is 35.5. The standard InChI is InChI=1S/C19H21ClF3N5O3/c1-18(2,3)31-17(30)27-8-6-26(7-9-27)16(29)15-11-28(25-24-15)12-4-5-14(20)13(10-12)19(21,22)23/h4-5,10-11H,6-9H2,1-3H3. The van der Waals surface area contributed by atoms with E-state index in [0.29, 0.717) is 13.1 Å². The van der Waals surface area contributed by atoms with E-state index in [1.165, 1.54) is 22.1 Å². The molecule has 2 amide bonds. The Morgan fingerprint density at radius 2 is 1.68 bits per heavy atom. The van der Waals surface area contributed by atoms with E-state index in [1.807, 2.05) is 0 Å². The van der Waals surface area contributed by atoms with Crippen LogP contribution in [0.3, 0.4) is 0 Å². The number of aromatic nitrogens is 3. The van der Waals surface area contributed by atoms with Gasteiger partial charge in [0.15, 0.2) is 5.69 Å². The van der Waals surface area contributed by atoms with Gasteiger partial charge in [0.2, 0.25) is 0 Å². The number of amides is 2. The molecule has 2 heterocycles. The van der Waals surface area contributed by atoms with Gasteiger partial charge in [0.25, 0.3) is 5.91 Å². The first kappa shape index (κ1) is 22.9. The van der Waals surface area contributed by atoms with Gasteiger partial charge in [0.05, 0.1) is 22.5 Å². The fourth-order valence-corrected chi connectivity index (χ4v) is 3.17. The molecule has 1 aliphatic heterocycles. The fraction of sp³-hybridized carbons (Fsp3) is 0.474. The van der Waals surface area contributed by atoms with Crippen LogP contribution < -0.4 is 0 Å². The summed E-state index contributed by atoms with van der Waals surface area (Å²) in [5.41, 5.74) is -1.57. The monoisotopic (exact) mass is 459 g/mol. The number of ether oxygens (including phenoxy) is 1. The molecule has 0 aliphatic carbocycles. The second-order valence-electron chi connectivity index (χ2n) is 7.97. The SMILES string of the molecule is CC(C)(C)OC(=O)N1CCN(C(=O)c2cn(-c3ccc(Cl)c(C(F)(F)F)c3)nn2)CC1. The highest BCUT2D eigenvalue weighted by molar-refractivity contribution is 6.31. The molecule has 3 rings (SSSR count). The second kappa shape index (κ2) is 8.37. The number of benzene rings is 1. The molecule has 2 aromatic rings. The van der Waals surface area contributed by atoms with E-state index in [2.05, 4.69) is 10.3 Å². The van der Waals surface area contributed by atoms with E-state index in [4.69, 9.17) is 16.3 Å². The van der Waals surface area contributed by atoms with E-state index < -0.39 is 34.4 Å². The molecule has 0 radical (unpaired) electrons. The lowest BCUT2D eigenvalue weighted by Gasteiger charge is -2.35. The summed E-state index contributed by atoms with van der Waals surface area (Å²) in [4.78, 5) is 27.8. The number of alkyl halides is 3. The second-order valence-corrected chi connectivity index (χ2v) is 8.38. The van der Waals surface area contributed by atoms with Crippen molar-refractivity contribution in [3.05, 3.63) is 40.7 Å². The summed E-state index contributed by atoms with van der Waals surface area (Å²) in [6.45, 7) is 6.43. The number of nitrogens with zero attached hydrogens (tertiary/aromatic N) is 5. The van der Waals surface area contributed by atoms with Crippen LogP contribution >= 0.6 is 11.6 Å². The molecular weight excluding hydrogens is 439 g/mol. The van der Waals surface area contributed by atoms with Gasteiger partial charge in [-0.3, -0.25) is 4.79 Å². The lowest BCUT2D eigenvalue weighted by atomic mass is 10.2. The summed E-state index contributed by atoms with van der Waals surface area (Å²) < 4.78 is 45.6.